The van der Waals surface area contributed by atoms with E-state index in [1.54, 1.807) is 31.3 Å². The van der Waals surface area contributed by atoms with E-state index < -0.39 is 5.91 Å². The van der Waals surface area contributed by atoms with Crippen LogP contribution in [0.2, 0.25) is 0 Å². The quantitative estimate of drug-likeness (QED) is 0.559. The molecular weight excluding hydrogens is 307 g/mol. The smallest absolute Gasteiger partial charge is 0.248 e. The molecular formula is C18H21FN4O. The first-order valence-corrected chi connectivity index (χ1v) is 7.66. The van der Waals surface area contributed by atoms with Crippen molar-refractivity contribution >= 4 is 11.9 Å². The van der Waals surface area contributed by atoms with Crippen LogP contribution in [0.1, 0.15) is 21.5 Å². The Morgan fingerprint density at radius 2 is 1.67 bits per heavy atom. The number of halogens is 1. The molecule has 6 heteroatoms. The van der Waals surface area contributed by atoms with Gasteiger partial charge in [0, 0.05) is 25.7 Å². The molecule has 0 fully saturated rings. The first-order chi connectivity index (χ1) is 11.6. The van der Waals surface area contributed by atoms with Crippen LogP contribution in [0.15, 0.2) is 53.5 Å². The fraction of sp³-hybridized carbons (Fsp3) is 0.222. The zero-order valence-corrected chi connectivity index (χ0v) is 13.6. The third kappa shape index (κ3) is 5.39. The third-order valence-corrected chi connectivity index (χ3v) is 3.54. The van der Waals surface area contributed by atoms with Crippen LogP contribution < -0.4 is 16.4 Å². The highest BCUT2D eigenvalue weighted by Gasteiger charge is 2.02. The van der Waals surface area contributed by atoms with Crippen molar-refractivity contribution in [3.63, 3.8) is 0 Å². The number of carbonyl (C=O) groups excluding carboxylic acids is 1. The van der Waals surface area contributed by atoms with Gasteiger partial charge in [-0.15, -0.1) is 0 Å². The molecule has 0 heterocycles. The Kier molecular flexibility index (Phi) is 6.31. The predicted molar refractivity (Wildman–Crippen MR) is 93.3 cm³/mol. The molecule has 2 rings (SSSR count). The molecule has 0 saturated heterocycles. The maximum atomic E-state index is 12.9. The summed E-state index contributed by atoms with van der Waals surface area (Å²) in [6.45, 7) is 1.27. The van der Waals surface area contributed by atoms with Gasteiger partial charge in [0.1, 0.15) is 5.82 Å². The van der Waals surface area contributed by atoms with Crippen LogP contribution in [0.4, 0.5) is 4.39 Å². The van der Waals surface area contributed by atoms with Gasteiger partial charge in [0.05, 0.1) is 0 Å². The first kappa shape index (κ1) is 17.5. The molecule has 0 saturated carbocycles. The molecule has 0 aromatic heterocycles. The number of nitrogens with zero attached hydrogens (tertiary/aromatic N) is 1. The van der Waals surface area contributed by atoms with Gasteiger partial charge in [0.25, 0.3) is 0 Å². The summed E-state index contributed by atoms with van der Waals surface area (Å²) in [7, 11) is 1.70. The van der Waals surface area contributed by atoms with Gasteiger partial charge in [-0.05, 0) is 41.8 Å². The van der Waals surface area contributed by atoms with Crippen molar-refractivity contribution in [3.8, 4) is 0 Å². The van der Waals surface area contributed by atoms with Gasteiger partial charge in [-0.2, -0.15) is 0 Å². The highest BCUT2D eigenvalue weighted by molar-refractivity contribution is 5.92. The topological polar surface area (TPSA) is 79.5 Å². The van der Waals surface area contributed by atoms with Crippen molar-refractivity contribution in [2.24, 2.45) is 10.7 Å². The van der Waals surface area contributed by atoms with Gasteiger partial charge in [-0.3, -0.25) is 9.79 Å². The molecule has 0 aliphatic heterocycles. The van der Waals surface area contributed by atoms with Crippen LogP contribution in [0.5, 0.6) is 0 Å². The van der Waals surface area contributed by atoms with E-state index in [4.69, 9.17) is 5.73 Å². The number of amides is 1. The number of nitrogens with one attached hydrogen (secondary N) is 2. The summed E-state index contributed by atoms with van der Waals surface area (Å²) in [6, 6.07) is 13.5. The average molecular weight is 328 g/mol. The van der Waals surface area contributed by atoms with E-state index in [0.717, 1.165) is 17.5 Å². The Morgan fingerprint density at radius 1 is 1.04 bits per heavy atom. The number of carbonyl (C=O) groups is 1. The number of guanidine groups is 1. The highest BCUT2D eigenvalue weighted by Crippen LogP contribution is 2.04. The second-order valence-electron chi connectivity index (χ2n) is 5.29. The Morgan fingerprint density at radius 3 is 2.25 bits per heavy atom. The third-order valence-electron chi connectivity index (χ3n) is 3.54. The molecule has 0 radical (unpaired) electrons. The minimum Gasteiger partial charge on any atom is -0.366 e. The van der Waals surface area contributed by atoms with Crippen LogP contribution in [0, 0.1) is 5.82 Å². The van der Waals surface area contributed by atoms with E-state index in [1.165, 1.54) is 12.1 Å². The summed E-state index contributed by atoms with van der Waals surface area (Å²) in [5.41, 5.74) is 7.77. The van der Waals surface area contributed by atoms with Crippen molar-refractivity contribution in [1.82, 2.24) is 10.6 Å². The maximum absolute atomic E-state index is 12.9. The first-order valence-electron chi connectivity index (χ1n) is 7.66. The van der Waals surface area contributed by atoms with E-state index in [9.17, 15) is 9.18 Å². The average Bonchev–Trinajstić information content (AvgIpc) is 2.60. The molecule has 126 valence electrons. The lowest BCUT2D eigenvalue weighted by Gasteiger charge is -2.12. The zero-order valence-electron chi connectivity index (χ0n) is 13.6. The molecule has 2 aromatic rings. The van der Waals surface area contributed by atoms with Crippen molar-refractivity contribution in [2.75, 3.05) is 13.6 Å². The van der Waals surface area contributed by atoms with Gasteiger partial charge < -0.3 is 16.4 Å². The molecule has 24 heavy (non-hydrogen) atoms. The minimum absolute atomic E-state index is 0.230. The molecule has 0 atom stereocenters. The number of hydrogen-bond acceptors (Lipinski definition) is 2. The Bertz CT molecular complexity index is 696. The molecule has 0 aliphatic rings. The lowest BCUT2D eigenvalue weighted by molar-refractivity contribution is 0.100. The number of benzene rings is 2. The van der Waals surface area contributed by atoms with Crippen molar-refractivity contribution < 1.29 is 9.18 Å². The van der Waals surface area contributed by atoms with Gasteiger partial charge >= 0.3 is 0 Å². The normalized spacial score (nSPS) is 11.2. The molecule has 0 bridgehead atoms. The maximum Gasteiger partial charge on any atom is 0.248 e. The summed E-state index contributed by atoms with van der Waals surface area (Å²) < 4.78 is 12.9. The number of primary amides is 1. The van der Waals surface area contributed by atoms with Gasteiger partial charge in [-0.25, -0.2) is 4.39 Å². The van der Waals surface area contributed by atoms with E-state index in [2.05, 4.69) is 15.6 Å². The van der Waals surface area contributed by atoms with Gasteiger partial charge in [0.2, 0.25) is 5.91 Å². The Balaban J connectivity index is 1.77. The van der Waals surface area contributed by atoms with Crippen molar-refractivity contribution in [2.45, 2.75) is 13.0 Å². The van der Waals surface area contributed by atoms with E-state index >= 15 is 0 Å². The van der Waals surface area contributed by atoms with Crippen molar-refractivity contribution in [1.29, 1.82) is 0 Å². The van der Waals surface area contributed by atoms with Gasteiger partial charge in [-0.1, -0.05) is 24.3 Å². The molecule has 0 aliphatic carbocycles. The number of hydrogen-bond donors (Lipinski definition) is 3. The summed E-state index contributed by atoms with van der Waals surface area (Å²) >= 11 is 0. The highest BCUT2D eigenvalue weighted by atomic mass is 19.1. The molecule has 0 unspecified atom stereocenters. The second-order valence-corrected chi connectivity index (χ2v) is 5.29. The molecule has 0 spiro atoms. The van der Waals surface area contributed by atoms with Gasteiger partial charge in [0.15, 0.2) is 5.96 Å². The lowest BCUT2D eigenvalue weighted by Crippen LogP contribution is -2.37. The molecule has 5 nitrogen and oxygen atoms in total. The van der Waals surface area contributed by atoms with E-state index in [1.807, 2.05) is 12.1 Å². The van der Waals surface area contributed by atoms with Crippen LogP contribution in [-0.2, 0) is 13.0 Å². The van der Waals surface area contributed by atoms with Crippen LogP contribution >= 0.6 is 0 Å². The molecule has 2 aromatic carbocycles. The predicted octanol–water partition coefficient (Wildman–Crippen LogP) is 1.83. The fourth-order valence-electron chi connectivity index (χ4n) is 2.17. The van der Waals surface area contributed by atoms with Crippen LogP contribution in [-0.4, -0.2) is 25.5 Å². The lowest BCUT2D eigenvalue weighted by atomic mass is 10.1. The number of nitrogens with two attached hydrogens (primary N) is 1. The Hall–Kier alpha value is -2.89. The summed E-state index contributed by atoms with van der Waals surface area (Å²) in [4.78, 5) is 15.2. The van der Waals surface area contributed by atoms with E-state index in [0.29, 0.717) is 24.6 Å². The largest absolute Gasteiger partial charge is 0.366 e. The second kappa shape index (κ2) is 8.67. The number of rotatable bonds is 6. The monoisotopic (exact) mass is 328 g/mol. The van der Waals surface area contributed by atoms with Crippen LogP contribution in [0.25, 0.3) is 0 Å². The Labute approximate surface area is 140 Å². The van der Waals surface area contributed by atoms with Crippen LogP contribution in [0.3, 0.4) is 0 Å². The fourth-order valence-corrected chi connectivity index (χ4v) is 2.17. The summed E-state index contributed by atoms with van der Waals surface area (Å²) in [5.74, 6) is 0.00964. The summed E-state index contributed by atoms with van der Waals surface area (Å²) in [5, 5.41) is 6.40. The number of aliphatic imine (C=N–C) groups is 1. The minimum atomic E-state index is -0.437. The SMILES string of the molecule is CN=C(NCCc1ccc(F)cc1)NCc1ccc(C(N)=O)cc1. The molecule has 1 amide bonds. The van der Waals surface area contributed by atoms with E-state index in [-0.39, 0.29) is 5.82 Å². The molecule has 4 N–H and O–H groups in total. The standard InChI is InChI=1S/C18H21FN4O/c1-21-18(22-11-10-13-4-8-16(19)9-5-13)23-12-14-2-6-15(7-3-14)17(20)24/h2-9H,10-12H2,1H3,(H2,20,24)(H2,21,22,23). The zero-order chi connectivity index (χ0) is 17.4. The van der Waals surface area contributed by atoms with Crippen molar-refractivity contribution in [3.05, 3.63) is 71.0 Å². The summed E-state index contributed by atoms with van der Waals surface area (Å²) in [6.07, 6.45) is 0.772.